The van der Waals surface area contributed by atoms with Crippen molar-refractivity contribution in [2.75, 3.05) is 13.2 Å². The number of hydrogen-bond donors (Lipinski definition) is 1. The summed E-state index contributed by atoms with van der Waals surface area (Å²) in [6.07, 6.45) is 2.81. The van der Waals surface area contributed by atoms with Crippen LogP contribution in [-0.4, -0.2) is 32.7 Å². The van der Waals surface area contributed by atoms with E-state index in [1.165, 1.54) is 24.3 Å². The van der Waals surface area contributed by atoms with Crippen LogP contribution in [0.3, 0.4) is 0 Å². The number of carboxylic acid groups (broad SMARTS) is 1. The van der Waals surface area contributed by atoms with Gasteiger partial charge in [-0.2, -0.15) is 0 Å². The van der Waals surface area contributed by atoms with Gasteiger partial charge in [-0.3, -0.25) is 4.79 Å². The van der Waals surface area contributed by atoms with E-state index in [9.17, 15) is 18.3 Å². The van der Waals surface area contributed by atoms with Crippen LogP contribution in [0.1, 0.15) is 31.7 Å². The third-order valence-electron chi connectivity index (χ3n) is 5.45. The fourth-order valence-corrected chi connectivity index (χ4v) is 4.77. The lowest BCUT2D eigenvalue weighted by molar-refractivity contribution is -0.136. The van der Waals surface area contributed by atoms with E-state index in [4.69, 9.17) is 14.2 Å². The third kappa shape index (κ3) is 6.76. The van der Waals surface area contributed by atoms with E-state index in [1.807, 2.05) is 19.1 Å². The van der Waals surface area contributed by atoms with Crippen LogP contribution in [0.15, 0.2) is 76.5 Å². The van der Waals surface area contributed by atoms with Crippen LogP contribution in [0.5, 0.6) is 23.0 Å². The van der Waals surface area contributed by atoms with E-state index in [0.29, 0.717) is 41.9 Å². The topological polar surface area (TPSA) is 99.1 Å². The Morgan fingerprint density at radius 3 is 2.09 bits per heavy atom. The molecule has 35 heavy (non-hydrogen) atoms. The molecule has 1 aliphatic carbocycles. The molecule has 0 saturated heterocycles. The average molecular weight is 497 g/mol. The molecule has 7 nitrogen and oxygen atoms in total. The van der Waals surface area contributed by atoms with Gasteiger partial charge in [-0.1, -0.05) is 6.92 Å². The number of ether oxygens (including phenoxy) is 3. The van der Waals surface area contributed by atoms with E-state index in [0.717, 1.165) is 25.0 Å². The average Bonchev–Trinajstić information content (AvgIpc) is 3.67. The molecule has 1 saturated carbocycles. The summed E-state index contributed by atoms with van der Waals surface area (Å²) in [4.78, 5) is 11.3. The van der Waals surface area contributed by atoms with E-state index in [2.05, 4.69) is 0 Å². The first-order valence-corrected chi connectivity index (χ1v) is 13.1. The van der Waals surface area contributed by atoms with E-state index in [1.54, 1.807) is 30.3 Å². The van der Waals surface area contributed by atoms with Crippen molar-refractivity contribution in [1.82, 2.24) is 0 Å². The lowest BCUT2D eigenvalue weighted by Crippen LogP contribution is -2.07. The van der Waals surface area contributed by atoms with Crippen molar-refractivity contribution < 1.29 is 32.5 Å². The smallest absolute Gasteiger partial charge is 0.307 e. The highest BCUT2D eigenvalue weighted by atomic mass is 32.2. The molecule has 4 rings (SSSR count). The van der Waals surface area contributed by atoms with Crippen LogP contribution in [-0.2, 0) is 21.1 Å². The lowest BCUT2D eigenvalue weighted by atomic mass is 10.1. The van der Waals surface area contributed by atoms with Gasteiger partial charge >= 0.3 is 5.97 Å². The molecule has 0 unspecified atom stereocenters. The first kappa shape index (κ1) is 24.6. The molecule has 0 heterocycles. The van der Waals surface area contributed by atoms with Crippen LogP contribution in [0.2, 0.25) is 0 Å². The second kappa shape index (κ2) is 10.8. The monoisotopic (exact) mass is 496 g/mol. The van der Waals surface area contributed by atoms with Gasteiger partial charge in [0, 0.05) is 0 Å². The second-order valence-electron chi connectivity index (χ2n) is 8.53. The number of hydrogen-bond acceptors (Lipinski definition) is 6. The van der Waals surface area contributed by atoms with Crippen molar-refractivity contribution in [2.45, 2.75) is 42.4 Å². The van der Waals surface area contributed by atoms with Gasteiger partial charge in [-0.05, 0) is 97.5 Å². The molecule has 3 aromatic carbocycles. The number of benzene rings is 3. The number of sulfone groups is 1. The minimum atomic E-state index is -3.89. The standard InChI is InChI=1S/C27H28O7S/c1-2-13-32-21-5-7-22(8-6-21)34-23-9-11-25(12-10-23)35(30,31)26-15-20(16-27(28)29)14-24(17-26)33-18-19-3-4-19/h5-12,14-15,17,19H,2-4,13,16,18H2,1H3,(H,28,29). The van der Waals surface area contributed by atoms with Crippen molar-refractivity contribution in [3.63, 3.8) is 0 Å². The largest absolute Gasteiger partial charge is 0.494 e. The Morgan fingerprint density at radius 1 is 0.857 bits per heavy atom. The van der Waals surface area contributed by atoms with E-state index >= 15 is 0 Å². The summed E-state index contributed by atoms with van der Waals surface area (Å²) in [6.45, 7) is 3.17. The Kier molecular flexibility index (Phi) is 7.60. The molecule has 0 spiro atoms. The highest BCUT2D eigenvalue weighted by molar-refractivity contribution is 7.91. The number of aliphatic carboxylic acids is 1. The maximum absolute atomic E-state index is 13.3. The van der Waals surface area contributed by atoms with Crippen molar-refractivity contribution in [3.8, 4) is 23.0 Å². The molecule has 1 N–H and O–H groups in total. The zero-order chi connectivity index (χ0) is 24.8. The fraction of sp³-hybridized carbons (Fsp3) is 0.296. The zero-order valence-corrected chi connectivity index (χ0v) is 20.3. The van der Waals surface area contributed by atoms with Gasteiger partial charge in [0.2, 0.25) is 9.84 Å². The Bertz CT molecular complexity index is 1260. The van der Waals surface area contributed by atoms with Gasteiger partial charge in [-0.15, -0.1) is 0 Å². The first-order valence-electron chi connectivity index (χ1n) is 11.6. The summed E-state index contributed by atoms with van der Waals surface area (Å²) in [7, 11) is -3.89. The van der Waals surface area contributed by atoms with E-state index < -0.39 is 15.8 Å². The summed E-state index contributed by atoms with van der Waals surface area (Å²) in [5, 5.41) is 9.19. The van der Waals surface area contributed by atoms with Gasteiger partial charge in [0.25, 0.3) is 0 Å². The van der Waals surface area contributed by atoms with Crippen LogP contribution < -0.4 is 14.2 Å². The molecular weight excluding hydrogens is 468 g/mol. The van der Waals surface area contributed by atoms with Crippen molar-refractivity contribution in [1.29, 1.82) is 0 Å². The predicted molar refractivity (Wildman–Crippen MR) is 130 cm³/mol. The normalized spacial score (nSPS) is 13.3. The van der Waals surface area contributed by atoms with Crippen LogP contribution in [0.25, 0.3) is 0 Å². The molecule has 0 aliphatic heterocycles. The van der Waals surface area contributed by atoms with E-state index in [-0.39, 0.29) is 16.2 Å². The van der Waals surface area contributed by atoms with Gasteiger partial charge in [0.1, 0.15) is 23.0 Å². The molecule has 0 atom stereocenters. The van der Waals surface area contributed by atoms with Gasteiger partial charge in [0.05, 0.1) is 29.4 Å². The quantitative estimate of drug-likeness (QED) is 0.353. The molecule has 1 aliphatic rings. The Morgan fingerprint density at radius 2 is 1.49 bits per heavy atom. The molecule has 1 fully saturated rings. The highest BCUT2D eigenvalue weighted by Gasteiger charge is 2.24. The van der Waals surface area contributed by atoms with Crippen LogP contribution in [0.4, 0.5) is 0 Å². The lowest BCUT2D eigenvalue weighted by Gasteiger charge is -2.12. The zero-order valence-electron chi connectivity index (χ0n) is 19.5. The molecule has 3 aromatic rings. The third-order valence-corrected chi connectivity index (χ3v) is 7.20. The SMILES string of the molecule is CCCOc1ccc(Oc2ccc(S(=O)(=O)c3cc(CC(=O)O)cc(OCC4CC4)c3)cc2)cc1. The maximum Gasteiger partial charge on any atom is 0.307 e. The number of rotatable bonds is 12. The molecule has 0 bridgehead atoms. The summed E-state index contributed by atoms with van der Waals surface area (Å²) >= 11 is 0. The fourth-order valence-electron chi connectivity index (χ4n) is 3.43. The highest BCUT2D eigenvalue weighted by Crippen LogP contribution is 2.32. The first-order chi connectivity index (χ1) is 16.8. The van der Waals surface area contributed by atoms with Crippen molar-refractivity contribution >= 4 is 15.8 Å². The Labute approximate surface area is 205 Å². The minimum Gasteiger partial charge on any atom is -0.494 e. The Hall–Kier alpha value is -3.52. The number of carbonyl (C=O) groups is 1. The van der Waals surface area contributed by atoms with Gasteiger partial charge in [0.15, 0.2) is 0 Å². The molecule has 184 valence electrons. The number of carboxylic acids is 1. The second-order valence-corrected chi connectivity index (χ2v) is 10.5. The minimum absolute atomic E-state index is 0.00150. The summed E-state index contributed by atoms with van der Waals surface area (Å²) in [5.41, 5.74) is 0.371. The molecular formula is C27H28O7S. The summed E-state index contributed by atoms with van der Waals surface area (Å²) < 4.78 is 43.8. The van der Waals surface area contributed by atoms with Crippen molar-refractivity contribution in [3.05, 3.63) is 72.3 Å². The van der Waals surface area contributed by atoms with Crippen molar-refractivity contribution in [2.24, 2.45) is 5.92 Å². The summed E-state index contributed by atoms with van der Waals surface area (Å²) in [5.74, 6) is 1.64. The summed E-state index contributed by atoms with van der Waals surface area (Å²) in [6, 6.07) is 17.7. The molecule has 8 heteroatoms. The maximum atomic E-state index is 13.3. The van der Waals surface area contributed by atoms with Gasteiger partial charge in [-0.25, -0.2) is 8.42 Å². The molecule has 0 radical (unpaired) electrons. The van der Waals surface area contributed by atoms with Gasteiger partial charge < -0.3 is 19.3 Å². The molecule has 0 aromatic heterocycles. The Balaban J connectivity index is 1.51. The molecule has 0 amide bonds. The predicted octanol–water partition coefficient (Wildman–Crippen LogP) is 5.52. The van der Waals surface area contributed by atoms with Crippen LogP contribution >= 0.6 is 0 Å². The van der Waals surface area contributed by atoms with Crippen LogP contribution in [0, 0.1) is 5.92 Å².